The number of hydrogen-bond acceptors (Lipinski definition) is 12. The molecule has 7 rings (SSSR count). The van der Waals surface area contributed by atoms with E-state index in [1.54, 1.807) is 23.9 Å². The predicted molar refractivity (Wildman–Crippen MR) is 291 cm³/mol. The molecule has 0 bridgehead atoms. The van der Waals surface area contributed by atoms with Crippen molar-refractivity contribution in [2.45, 2.75) is 79.6 Å². The van der Waals surface area contributed by atoms with Gasteiger partial charge >= 0.3 is 5.51 Å². The van der Waals surface area contributed by atoms with Crippen molar-refractivity contribution >= 4 is 76.4 Å². The average molecular weight is 1090 g/mol. The first-order valence-corrected chi connectivity index (χ1v) is 29.9. The summed E-state index contributed by atoms with van der Waals surface area (Å²) in [5, 5.41) is 3.95. The van der Waals surface area contributed by atoms with Crippen LogP contribution in [0.1, 0.15) is 69.3 Å². The van der Waals surface area contributed by atoms with Gasteiger partial charge in [-0.05, 0) is 135 Å². The molecule has 2 aliphatic heterocycles. The lowest BCUT2D eigenvalue weighted by atomic mass is 9.73. The van der Waals surface area contributed by atoms with E-state index >= 15 is 0 Å². The van der Waals surface area contributed by atoms with Gasteiger partial charge in [-0.3, -0.25) is 14.4 Å². The molecule has 0 radical (unpaired) electrons. The van der Waals surface area contributed by atoms with Crippen molar-refractivity contribution in [1.82, 2.24) is 19.4 Å². The molecule has 0 saturated carbocycles. The van der Waals surface area contributed by atoms with E-state index in [1.165, 1.54) is 28.8 Å². The second-order valence-electron chi connectivity index (χ2n) is 19.2. The van der Waals surface area contributed by atoms with Gasteiger partial charge < -0.3 is 29.1 Å². The SMILES string of the molecule is CCOP(CCN1CCN(CCC(CSc2ccccc2)Nc2ccc(SNC(=O)c3ccc(N4CCN(CC5=C(c6ccc(Cl)cc6)CCC(C)(C)C5)CC4)cc3)cc2S(=O)(=O)C(F)(F)F)CC1)OCC. The van der Waals surface area contributed by atoms with Crippen LogP contribution in [-0.2, 0) is 18.9 Å². The van der Waals surface area contributed by atoms with Gasteiger partial charge in [0, 0.05) is 116 Å². The van der Waals surface area contributed by atoms with Crippen LogP contribution < -0.4 is 14.9 Å². The summed E-state index contributed by atoms with van der Waals surface area (Å²) in [4.78, 5) is 23.2. The zero-order chi connectivity index (χ0) is 51.3. The fourth-order valence-corrected chi connectivity index (χ4v) is 13.5. The van der Waals surface area contributed by atoms with Gasteiger partial charge in [-0.15, -0.1) is 11.8 Å². The maximum atomic E-state index is 14.3. The molecule has 1 amide bonds. The van der Waals surface area contributed by atoms with E-state index in [9.17, 15) is 26.4 Å². The van der Waals surface area contributed by atoms with Crippen LogP contribution in [0.5, 0.6) is 0 Å². The number of thioether (sulfide) groups is 1. The van der Waals surface area contributed by atoms with Gasteiger partial charge in [0.05, 0.1) is 18.9 Å². The number of benzene rings is 4. The first kappa shape index (κ1) is 56.4. The number of hydrogen-bond donors (Lipinski definition) is 2. The zero-order valence-electron chi connectivity index (χ0n) is 41.8. The second-order valence-corrected chi connectivity index (χ2v) is 25.2. The molecule has 2 heterocycles. The molecular formula is C53H69ClF3N6O5PS3. The third-order valence-electron chi connectivity index (χ3n) is 13.4. The van der Waals surface area contributed by atoms with Crippen molar-refractivity contribution in [3.05, 3.63) is 119 Å². The number of halogens is 4. The maximum absolute atomic E-state index is 14.3. The van der Waals surface area contributed by atoms with Crippen molar-refractivity contribution in [3.63, 3.8) is 0 Å². The van der Waals surface area contributed by atoms with Gasteiger partial charge in [0.1, 0.15) is 4.90 Å². The number of carbonyl (C=O) groups is 1. The number of carbonyl (C=O) groups excluding carboxylic acids is 1. The van der Waals surface area contributed by atoms with Gasteiger partial charge in [-0.1, -0.05) is 61.4 Å². The summed E-state index contributed by atoms with van der Waals surface area (Å²) < 4.78 is 83.7. The predicted octanol–water partition coefficient (Wildman–Crippen LogP) is 11.8. The Hall–Kier alpha value is -3.35. The van der Waals surface area contributed by atoms with E-state index in [0.717, 1.165) is 124 Å². The molecule has 72 heavy (non-hydrogen) atoms. The highest BCUT2D eigenvalue weighted by atomic mass is 35.5. The topological polar surface area (TPSA) is 107 Å². The van der Waals surface area contributed by atoms with Crippen LogP contribution in [0.25, 0.3) is 5.57 Å². The van der Waals surface area contributed by atoms with Crippen LogP contribution >= 0.6 is 43.7 Å². The summed E-state index contributed by atoms with van der Waals surface area (Å²) in [6, 6.07) is 28.7. The summed E-state index contributed by atoms with van der Waals surface area (Å²) in [7, 11) is -6.70. The number of allylic oxidation sites excluding steroid dienone is 1. The Morgan fingerprint density at radius 1 is 0.819 bits per heavy atom. The molecule has 2 N–H and O–H groups in total. The van der Waals surface area contributed by atoms with E-state index in [2.05, 4.69) is 55.6 Å². The molecule has 1 aliphatic carbocycles. The summed E-state index contributed by atoms with van der Waals surface area (Å²) in [6.07, 6.45) is 4.67. The van der Waals surface area contributed by atoms with Crippen LogP contribution in [0.3, 0.4) is 0 Å². The molecule has 4 aromatic carbocycles. The quantitative estimate of drug-likeness (QED) is 0.0420. The normalized spacial score (nSPS) is 17.9. The Kier molecular flexibility index (Phi) is 20.7. The number of sulfone groups is 1. The molecule has 4 aromatic rings. The lowest BCUT2D eigenvalue weighted by Crippen LogP contribution is -2.48. The summed E-state index contributed by atoms with van der Waals surface area (Å²) in [5.41, 5.74) is 0.118. The molecule has 11 nitrogen and oxygen atoms in total. The van der Waals surface area contributed by atoms with Gasteiger partial charge in [0.15, 0.2) is 8.38 Å². The van der Waals surface area contributed by atoms with E-state index in [4.69, 9.17) is 20.6 Å². The van der Waals surface area contributed by atoms with Crippen LogP contribution in [0, 0.1) is 5.41 Å². The number of anilines is 2. The summed E-state index contributed by atoms with van der Waals surface area (Å²) in [6.45, 7) is 19.2. The highest BCUT2D eigenvalue weighted by Crippen LogP contribution is 2.43. The van der Waals surface area contributed by atoms with Crippen LogP contribution in [-0.4, -0.2) is 138 Å². The molecule has 1 unspecified atom stereocenters. The van der Waals surface area contributed by atoms with Crippen LogP contribution in [0.4, 0.5) is 24.5 Å². The minimum Gasteiger partial charge on any atom is -0.380 e. The van der Waals surface area contributed by atoms with Crippen molar-refractivity contribution < 1.29 is 35.4 Å². The van der Waals surface area contributed by atoms with E-state index in [1.807, 2.05) is 68.4 Å². The van der Waals surface area contributed by atoms with Gasteiger partial charge in [-0.25, -0.2) is 8.42 Å². The number of nitrogens with zero attached hydrogens (tertiary/aromatic N) is 4. The maximum Gasteiger partial charge on any atom is 0.501 e. The minimum atomic E-state index is -5.78. The third-order valence-corrected chi connectivity index (χ3v) is 18.8. The lowest BCUT2D eigenvalue weighted by molar-refractivity contribution is -0.0435. The average Bonchev–Trinajstić information content (AvgIpc) is 3.37. The smallest absolute Gasteiger partial charge is 0.380 e. The van der Waals surface area contributed by atoms with E-state index in [0.29, 0.717) is 37.5 Å². The Balaban J connectivity index is 0.957. The minimum absolute atomic E-state index is 0.138. The van der Waals surface area contributed by atoms with Gasteiger partial charge in [0.2, 0.25) is 0 Å². The molecule has 2 saturated heterocycles. The van der Waals surface area contributed by atoms with E-state index < -0.39 is 34.5 Å². The first-order chi connectivity index (χ1) is 34.5. The standard InChI is InChI=1S/C53H69ClF3N6O5PS3/c1-5-67-69(68-6-2)35-34-61-28-26-60(27-29-61)25-23-44(39-70-46-10-8-7-9-11-46)58-49-21-20-47(36-50(49)72(65,66)53(55,56)57)71-59-51(64)41-14-18-45(19-15-41)63-32-30-62(31-33-63)38-42-37-52(3,4)24-22-48(42)40-12-16-43(54)17-13-40/h7-21,36,44,58H,5-6,22-35,37-39H2,1-4H3,(H,59,64). The fourth-order valence-electron chi connectivity index (χ4n) is 9.40. The van der Waals surface area contributed by atoms with Crippen molar-refractivity contribution in [2.75, 3.05) is 107 Å². The highest BCUT2D eigenvalue weighted by Gasteiger charge is 2.48. The van der Waals surface area contributed by atoms with Crippen LogP contribution in [0.15, 0.2) is 117 Å². The Morgan fingerprint density at radius 2 is 1.46 bits per heavy atom. The van der Waals surface area contributed by atoms with Crippen molar-refractivity contribution in [3.8, 4) is 0 Å². The highest BCUT2D eigenvalue weighted by molar-refractivity contribution is 7.99. The Labute approximate surface area is 439 Å². The molecule has 0 spiro atoms. The summed E-state index contributed by atoms with van der Waals surface area (Å²) in [5.74, 6) is 0.0258. The van der Waals surface area contributed by atoms with E-state index in [-0.39, 0.29) is 22.0 Å². The first-order valence-electron chi connectivity index (χ1n) is 24.9. The monoisotopic (exact) mass is 1090 g/mol. The number of alkyl halides is 3. The van der Waals surface area contributed by atoms with Crippen LogP contribution in [0.2, 0.25) is 5.02 Å². The van der Waals surface area contributed by atoms with Crippen molar-refractivity contribution in [2.24, 2.45) is 5.41 Å². The Bertz CT molecular complexity index is 2510. The van der Waals surface area contributed by atoms with Crippen molar-refractivity contribution in [1.29, 1.82) is 0 Å². The number of rotatable bonds is 23. The Morgan fingerprint density at radius 3 is 2.10 bits per heavy atom. The largest absolute Gasteiger partial charge is 0.501 e. The lowest BCUT2D eigenvalue weighted by Gasteiger charge is -2.39. The molecule has 2 fully saturated rings. The molecule has 19 heteroatoms. The molecular weight excluding hydrogens is 1020 g/mol. The zero-order valence-corrected chi connectivity index (χ0v) is 45.9. The third kappa shape index (κ3) is 16.1. The van der Waals surface area contributed by atoms with Gasteiger partial charge in [-0.2, -0.15) is 13.2 Å². The number of piperazine rings is 2. The molecule has 0 aromatic heterocycles. The second kappa shape index (κ2) is 26.4. The fraction of sp³-hybridized carbons (Fsp3) is 0.491. The molecule has 3 aliphatic rings. The number of nitrogens with one attached hydrogen (secondary N) is 2. The molecule has 392 valence electrons. The van der Waals surface area contributed by atoms with Gasteiger partial charge in [0.25, 0.3) is 15.7 Å². The molecule has 1 atom stereocenters. The summed E-state index contributed by atoms with van der Waals surface area (Å²) >= 11 is 8.54. The number of amides is 1.